The van der Waals surface area contributed by atoms with Crippen molar-refractivity contribution in [2.75, 3.05) is 13.1 Å². The Morgan fingerprint density at radius 2 is 1.78 bits per heavy atom. The van der Waals surface area contributed by atoms with Crippen LogP contribution in [-0.2, 0) is 17.9 Å². The molecule has 0 saturated carbocycles. The number of aromatic nitrogens is 5. The minimum absolute atomic E-state index is 0.0349. The summed E-state index contributed by atoms with van der Waals surface area (Å²) < 4.78 is 5.57. The van der Waals surface area contributed by atoms with E-state index < -0.39 is 0 Å². The van der Waals surface area contributed by atoms with Crippen LogP contribution < -0.4 is 5.69 Å². The summed E-state index contributed by atoms with van der Waals surface area (Å²) >= 11 is 0. The van der Waals surface area contributed by atoms with Gasteiger partial charge in [0, 0.05) is 44.7 Å². The molecule has 0 radical (unpaired) electrons. The van der Waals surface area contributed by atoms with E-state index in [0.29, 0.717) is 26.1 Å². The highest BCUT2D eigenvalue weighted by molar-refractivity contribution is 5.78. The van der Waals surface area contributed by atoms with Crippen molar-refractivity contribution in [1.82, 2.24) is 28.6 Å². The molecule has 32 heavy (non-hydrogen) atoms. The van der Waals surface area contributed by atoms with Gasteiger partial charge in [0.15, 0.2) is 5.65 Å². The maximum absolute atomic E-state index is 13.1. The number of hydrogen-bond donors (Lipinski definition) is 0. The van der Waals surface area contributed by atoms with Crippen LogP contribution >= 0.6 is 0 Å². The molecule has 0 spiro atoms. The Labute approximate surface area is 186 Å². The van der Waals surface area contributed by atoms with E-state index in [4.69, 9.17) is 0 Å². The second-order valence-corrected chi connectivity index (χ2v) is 8.49. The molecule has 8 nitrogen and oxygen atoms in total. The van der Waals surface area contributed by atoms with Gasteiger partial charge in [-0.25, -0.2) is 4.79 Å². The Bertz CT molecular complexity index is 1320. The van der Waals surface area contributed by atoms with Crippen molar-refractivity contribution in [3.05, 3.63) is 65.0 Å². The quantitative estimate of drug-likeness (QED) is 0.469. The first-order valence-electron chi connectivity index (χ1n) is 11.4. The molecule has 5 rings (SSSR count). The summed E-state index contributed by atoms with van der Waals surface area (Å²) in [5, 5.41) is 8.66. The number of carbonyl (C=O) groups is 1. The Hall–Kier alpha value is -3.42. The van der Waals surface area contributed by atoms with Crippen LogP contribution in [0.15, 0.2) is 53.5 Å². The minimum Gasteiger partial charge on any atom is -0.342 e. The lowest BCUT2D eigenvalue weighted by Gasteiger charge is -2.32. The molecule has 1 aliphatic heterocycles. The van der Waals surface area contributed by atoms with Crippen LogP contribution in [0.3, 0.4) is 0 Å². The first-order valence-corrected chi connectivity index (χ1v) is 11.4. The summed E-state index contributed by atoms with van der Waals surface area (Å²) in [5.41, 5.74) is 2.62. The molecule has 1 amide bonds. The van der Waals surface area contributed by atoms with Gasteiger partial charge >= 0.3 is 5.69 Å². The number of benzene rings is 1. The van der Waals surface area contributed by atoms with E-state index in [9.17, 15) is 9.59 Å². The zero-order valence-electron chi connectivity index (χ0n) is 18.4. The van der Waals surface area contributed by atoms with Gasteiger partial charge in [-0.1, -0.05) is 25.1 Å². The molecule has 0 aliphatic carbocycles. The van der Waals surface area contributed by atoms with Crippen LogP contribution in [-0.4, -0.2) is 47.6 Å². The number of nitrogens with zero attached hydrogens (tertiary/aromatic N) is 6. The van der Waals surface area contributed by atoms with Gasteiger partial charge in [-0.3, -0.25) is 18.3 Å². The molecule has 3 aromatic heterocycles. The summed E-state index contributed by atoms with van der Waals surface area (Å²) in [7, 11) is 0. The van der Waals surface area contributed by atoms with Crippen molar-refractivity contribution in [1.29, 1.82) is 0 Å². The normalized spacial score (nSPS) is 16.8. The molecule has 4 aromatic rings. The van der Waals surface area contributed by atoms with E-state index in [2.05, 4.69) is 17.1 Å². The van der Waals surface area contributed by atoms with Gasteiger partial charge in [0.2, 0.25) is 5.91 Å². The highest BCUT2D eigenvalue weighted by atomic mass is 16.2. The van der Waals surface area contributed by atoms with Gasteiger partial charge in [-0.15, -0.1) is 10.2 Å². The zero-order chi connectivity index (χ0) is 22.1. The summed E-state index contributed by atoms with van der Waals surface area (Å²) in [6, 6.07) is 13.7. The highest BCUT2D eigenvalue weighted by Gasteiger charge is 2.28. The van der Waals surface area contributed by atoms with Crippen LogP contribution in [0.2, 0.25) is 0 Å². The fourth-order valence-corrected chi connectivity index (χ4v) is 4.85. The van der Waals surface area contributed by atoms with Crippen LogP contribution in [0.25, 0.3) is 16.7 Å². The van der Waals surface area contributed by atoms with Gasteiger partial charge in [-0.05, 0) is 43.5 Å². The van der Waals surface area contributed by atoms with Gasteiger partial charge < -0.3 is 4.90 Å². The van der Waals surface area contributed by atoms with Crippen molar-refractivity contribution in [2.24, 2.45) is 0 Å². The lowest BCUT2D eigenvalue weighted by molar-refractivity contribution is -0.132. The topological polar surface area (TPSA) is 77.4 Å². The van der Waals surface area contributed by atoms with Gasteiger partial charge in [0.1, 0.15) is 5.82 Å². The van der Waals surface area contributed by atoms with Crippen LogP contribution in [0, 0.1) is 0 Å². The number of fused-ring (bicyclic) bond motifs is 2. The van der Waals surface area contributed by atoms with Crippen molar-refractivity contribution in [3.8, 4) is 0 Å². The number of likely N-dealkylation sites (tertiary alicyclic amines) is 1. The number of hydrogen-bond acceptors (Lipinski definition) is 4. The first-order chi connectivity index (χ1) is 15.7. The zero-order valence-corrected chi connectivity index (χ0v) is 18.4. The van der Waals surface area contributed by atoms with Gasteiger partial charge in [-0.2, -0.15) is 0 Å². The molecule has 1 aliphatic rings. The third-order valence-corrected chi connectivity index (χ3v) is 6.40. The second kappa shape index (κ2) is 8.61. The predicted molar refractivity (Wildman–Crippen MR) is 123 cm³/mol. The van der Waals surface area contributed by atoms with Crippen LogP contribution in [0.1, 0.15) is 44.3 Å². The lowest BCUT2D eigenvalue weighted by atomic mass is 9.97. The maximum Gasteiger partial charge on any atom is 0.329 e. The first kappa shape index (κ1) is 20.5. The summed E-state index contributed by atoms with van der Waals surface area (Å²) in [4.78, 5) is 28.0. The molecular formula is C24H28N6O2. The average Bonchev–Trinajstić information content (AvgIpc) is 3.37. The minimum atomic E-state index is -0.0349. The number of amides is 1. The molecule has 1 fully saturated rings. The molecule has 1 atom stereocenters. The van der Waals surface area contributed by atoms with Crippen molar-refractivity contribution in [3.63, 3.8) is 0 Å². The summed E-state index contributed by atoms with van der Waals surface area (Å²) in [6.07, 6.45) is 5.11. The summed E-state index contributed by atoms with van der Waals surface area (Å²) in [5.74, 6) is 1.17. The van der Waals surface area contributed by atoms with Crippen molar-refractivity contribution >= 4 is 22.6 Å². The van der Waals surface area contributed by atoms with E-state index in [-0.39, 0.29) is 17.5 Å². The number of carbonyl (C=O) groups excluding carboxylic acids is 1. The van der Waals surface area contributed by atoms with E-state index in [1.807, 2.05) is 62.5 Å². The van der Waals surface area contributed by atoms with Crippen LogP contribution in [0.5, 0.6) is 0 Å². The predicted octanol–water partition coefficient (Wildman–Crippen LogP) is 3.05. The van der Waals surface area contributed by atoms with E-state index >= 15 is 0 Å². The molecule has 4 heterocycles. The standard InChI is InChI=1S/C24H28N6O2/c1-2-13-28-19-9-3-4-10-20(19)29(24(28)32)16-12-22(31)27-14-7-8-18(17-27)23-26-25-21-11-5-6-15-30(21)23/h3-6,9-11,15,18H,2,7-8,12-14,16-17H2,1H3/t18-/m1/s1. The third kappa shape index (κ3) is 3.59. The highest BCUT2D eigenvalue weighted by Crippen LogP contribution is 2.26. The number of pyridine rings is 1. The average molecular weight is 433 g/mol. The molecule has 0 bridgehead atoms. The van der Waals surface area contributed by atoms with E-state index in [1.165, 1.54) is 0 Å². The molecule has 8 heteroatoms. The third-order valence-electron chi connectivity index (χ3n) is 6.40. The van der Waals surface area contributed by atoms with Crippen LogP contribution in [0.4, 0.5) is 0 Å². The maximum atomic E-state index is 13.1. The molecular weight excluding hydrogens is 404 g/mol. The lowest BCUT2D eigenvalue weighted by Crippen LogP contribution is -2.40. The monoisotopic (exact) mass is 432 g/mol. The number of aryl methyl sites for hydroxylation is 2. The van der Waals surface area contributed by atoms with Crippen molar-refractivity contribution < 1.29 is 4.79 Å². The van der Waals surface area contributed by atoms with E-state index in [0.717, 1.165) is 48.3 Å². The SMILES string of the molecule is CCCn1c(=O)n(CCC(=O)N2CCC[C@@H](c3nnc4ccccn34)C2)c2ccccc21. The fourth-order valence-electron chi connectivity index (χ4n) is 4.85. The molecule has 0 unspecified atom stereocenters. The van der Waals surface area contributed by atoms with Gasteiger partial charge in [0.25, 0.3) is 0 Å². The molecule has 1 aromatic carbocycles. The Morgan fingerprint density at radius 3 is 2.56 bits per heavy atom. The number of imidazole rings is 1. The molecule has 166 valence electrons. The molecule has 0 N–H and O–H groups in total. The Morgan fingerprint density at radius 1 is 1.03 bits per heavy atom. The fraction of sp³-hybridized carbons (Fsp3) is 0.417. The number of rotatable bonds is 6. The second-order valence-electron chi connectivity index (χ2n) is 8.49. The Kier molecular flexibility index (Phi) is 5.51. The van der Waals surface area contributed by atoms with Crippen molar-refractivity contribution in [2.45, 2.75) is 51.6 Å². The Balaban J connectivity index is 1.32. The van der Waals surface area contributed by atoms with E-state index in [1.54, 1.807) is 4.57 Å². The number of para-hydroxylation sites is 2. The summed E-state index contributed by atoms with van der Waals surface area (Å²) in [6.45, 7) is 4.53. The molecule has 1 saturated heterocycles. The largest absolute Gasteiger partial charge is 0.342 e. The smallest absolute Gasteiger partial charge is 0.329 e. The number of piperidine rings is 1. The van der Waals surface area contributed by atoms with Gasteiger partial charge in [0.05, 0.1) is 11.0 Å².